The van der Waals surface area contributed by atoms with Crippen LogP contribution in [0.1, 0.15) is 58.1 Å². The number of amides is 2. The van der Waals surface area contributed by atoms with Gasteiger partial charge >= 0.3 is 0 Å². The SMILES string of the molecule is CC(C)(C)C.CC(CNCc1cc(F)c(Cl)cc1NC=O)c1ccc(F)c(Cl)c1.O=CNCCCN1CCOCC1. The highest BCUT2D eigenvalue weighted by atomic mass is 35.5. The summed E-state index contributed by atoms with van der Waals surface area (Å²) in [7, 11) is 0. The maximum atomic E-state index is 13.6. The maximum absolute atomic E-state index is 13.6. The van der Waals surface area contributed by atoms with Gasteiger partial charge in [0.05, 0.1) is 23.3 Å². The summed E-state index contributed by atoms with van der Waals surface area (Å²) in [5, 5.41) is 8.35. The van der Waals surface area contributed by atoms with Gasteiger partial charge in [0.15, 0.2) is 0 Å². The topological polar surface area (TPSA) is 82.7 Å². The van der Waals surface area contributed by atoms with E-state index in [4.69, 9.17) is 27.9 Å². The van der Waals surface area contributed by atoms with E-state index in [1.807, 2.05) is 6.92 Å². The third-order valence-corrected chi connectivity index (χ3v) is 6.20. The molecule has 1 saturated heterocycles. The molecule has 1 aliphatic heterocycles. The minimum Gasteiger partial charge on any atom is -0.379 e. The van der Waals surface area contributed by atoms with Crippen LogP contribution in [0.2, 0.25) is 10.0 Å². The predicted octanol–water partition coefficient (Wildman–Crippen LogP) is 6.24. The van der Waals surface area contributed by atoms with Crippen molar-refractivity contribution in [2.45, 2.75) is 53.5 Å². The average molecular weight is 618 g/mol. The second kappa shape index (κ2) is 19.8. The van der Waals surface area contributed by atoms with Crippen molar-refractivity contribution in [3.8, 4) is 0 Å². The monoisotopic (exact) mass is 616 g/mol. The van der Waals surface area contributed by atoms with E-state index in [0.29, 0.717) is 36.2 Å². The average Bonchev–Trinajstić information content (AvgIpc) is 2.91. The fourth-order valence-corrected chi connectivity index (χ4v) is 3.93. The minimum atomic E-state index is -0.553. The lowest BCUT2D eigenvalue weighted by atomic mass is 10.0. The number of nitrogens with one attached hydrogen (secondary N) is 3. The Bertz CT molecular complexity index is 1060. The van der Waals surface area contributed by atoms with E-state index in [1.165, 1.54) is 18.2 Å². The molecule has 1 heterocycles. The quantitative estimate of drug-likeness (QED) is 0.194. The van der Waals surface area contributed by atoms with Gasteiger partial charge in [-0.25, -0.2) is 8.78 Å². The van der Waals surface area contributed by atoms with Crippen LogP contribution in [0.5, 0.6) is 0 Å². The number of morpholine rings is 1. The molecule has 1 atom stereocenters. The molecule has 2 aromatic carbocycles. The normalized spacial score (nSPS) is 14.1. The Morgan fingerprint density at radius 2 is 1.63 bits per heavy atom. The molecule has 2 amide bonds. The summed E-state index contributed by atoms with van der Waals surface area (Å²) >= 11 is 11.5. The zero-order valence-electron chi connectivity index (χ0n) is 24.7. The summed E-state index contributed by atoms with van der Waals surface area (Å²) in [4.78, 5) is 22.9. The van der Waals surface area contributed by atoms with Crippen LogP contribution in [0.15, 0.2) is 30.3 Å². The first-order valence-corrected chi connectivity index (χ1v) is 14.4. The zero-order valence-corrected chi connectivity index (χ0v) is 26.2. The van der Waals surface area contributed by atoms with Gasteiger partial charge in [-0.15, -0.1) is 0 Å². The molecule has 0 aromatic heterocycles. The van der Waals surface area contributed by atoms with E-state index in [1.54, 1.807) is 12.1 Å². The molecule has 2 aromatic rings. The molecular weight excluding hydrogens is 573 g/mol. The van der Waals surface area contributed by atoms with Gasteiger partial charge in [-0.05, 0) is 59.7 Å². The number of benzene rings is 2. The van der Waals surface area contributed by atoms with E-state index in [9.17, 15) is 18.4 Å². The molecule has 1 unspecified atom stereocenters. The Morgan fingerprint density at radius 1 is 1.00 bits per heavy atom. The molecule has 3 rings (SSSR count). The highest BCUT2D eigenvalue weighted by molar-refractivity contribution is 6.31. The first kappa shape index (κ1) is 36.7. The number of carbonyl (C=O) groups excluding carboxylic acids is 2. The number of carbonyl (C=O) groups is 2. The molecule has 0 saturated carbocycles. The predicted molar refractivity (Wildman–Crippen MR) is 164 cm³/mol. The van der Waals surface area contributed by atoms with Crippen molar-refractivity contribution in [3.63, 3.8) is 0 Å². The highest BCUT2D eigenvalue weighted by Gasteiger charge is 2.11. The van der Waals surface area contributed by atoms with E-state index in [2.05, 4.69) is 48.5 Å². The maximum Gasteiger partial charge on any atom is 0.211 e. The van der Waals surface area contributed by atoms with Crippen LogP contribution >= 0.6 is 23.2 Å². The van der Waals surface area contributed by atoms with Gasteiger partial charge in [0.1, 0.15) is 11.6 Å². The van der Waals surface area contributed by atoms with Crippen molar-refractivity contribution >= 4 is 41.7 Å². The Balaban J connectivity index is 0.000000409. The van der Waals surface area contributed by atoms with Crippen LogP contribution in [0, 0.1) is 17.0 Å². The Morgan fingerprint density at radius 3 is 2.22 bits per heavy atom. The van der Waals surface area contributed by atoms with Crippen molar-refractivity contribution < 1.29 is 23.1 Å². The number of nitrogens with zero attached hydrogens (tertiary/aromatic N) is 1. The number of rotatable bonds is 12. The third kappa shape index (κ3) is 16.7. The van der Waals surface area contributed by atoms with Crippen molar-refractivity contribution in [2.75, 3.05) is 51.3 Å². The Labute approximate surface area is 253 Å². The van der Waals surface area contributed by atoms with Gasteiger partial charge in [0.2, 0.25) is 12.8 Å². The highest BCUT2D eigenvalue weighted by Crippen LogP contribution is 2.25. The molecule has 0 radical (unpaired) electrons. The summed E-state index contributed by atoms with van der Waals surface area (Å²) in [5.41, 5.74) is 2.41. The lowest BCUT2D eigenvalue weighted by Gasteiger charge is -2.26. The van der Waals surface area contributed by atoms with Crippen LogP contribution in [-0.2, 0) is 20.9 Å². The van der Waals surface area contributed by atoms with Crippen molar-refractivity contribution in [2.24, 2.45) is 5.41 Å². The lowest BCUT2D eigenvalue weighted by Crippen LogP contribution is -2.37. The molecule has 41 heavy (non-hydrogen) atoms. The molecule has 1 aliphatic rings. The van der Waals surface area contributed by atoms with E-state index < -0.39 is 11.6 Å². The molecule has 3 N–H and O–H groups in total. The van der Waals surface area contributed by atoms with Crippen LogP contribution < -0.4 is 16.0 Å². The van der Waals surface area contributed by atoms with Gasteiger partial charge < -0.3 is 20.7 Å². The third-order valence-electron chi connectivity index (χ3n) is 5.62. The molecule has 0 bridgehead atoms. The zero-order chi connectivity index (χ0) is 30.8. The van der Waals surface area contributed by atoms with E-state index >= 15 is 0 Å². The van der Waals surface area contributed by atoms with Gasteiger partial charge in [-0.1, -0.05) is 63.9 Å². The van der Waals surface area contributed by atoms with Crippen LogP contribution in [0.4, 0.5) is 14.5 Å². The Kier molecular flexibility index (Phi) is 17.7. The Hall–Kier alpha value is -2.30. The van der Waals surface area contributed by atoms with Crippen molar-refractivity contribution in [1.29, 1.82) is 0 Å². The summed E-state index contributed by atoms with van der Waals surface area (Å²) in [5.74, 6) is -0.937. The van der Waals surface area contributed by atoms with Crippen molar-refractivity contribution in [3.05, 3.63) is 63.1 Å². The molecule has 230 valence electrons. The van der Waals surface area contributed by atoms with Gasteiger partial charge in [0, 0.05) is 38.4 Å². The molecule has 0 spiro atoms. The standard InChI is InChI=1S/C17H16Cl2F2N2O.C8H16N2O2.C5H12/c1-10(11-2-3-15(20)13(18)4-11)7-22-8-12-5-16(21)14(19)6-17(12)23-9-24;11-8-9-2-1-3-10-4-6-12-7-5-10;1-5(2,3)4/h2-6,9-10,22H,7-8H2,1H3,(H,23,24);8H,1-7H2,(H,9,11);1-4H3. The number of ether oxygens (including phenoxy) is 1. The summed E-state index contributed by atoms with van der Waals surface area (Å²) in [6, 6.07) is 7.24. The first-order chi connectivity index (χ1) is 19.3. The molecule has 1 fully saturated rings. The van der Waals surface area contributed by atoms with Crippen LogP contribution in [-0.4, -0.2) is 63.7 Å². The molecule has 11 heteroatoms. The first-order valence-electron chi connectivity index (χ1n) is 13.7. The van der Waals surface area contributed by atoms with Gasteiger partial charge in [-0.2, -0.15) is 0 Å². The minimum absolute atomic E-state index is 0.0579. The number of hydrogen-bond donors (Lipinski definition) is 3. The second-order valence-electron chi connectivity index (χ2n) is 11.3. The molecular formula is C30H44Cl2F2N4O3. The smallest absolute Gasteiger partial charge is 0.211 e. The summed E-state index contributed by atoms with van der Waals surface area (Å²) in [6.07, 6.45) is 2.29. The fraction of sp³-hybridized carbons (Fsp3) is 0.533. The second-order valence-corrected chi connectivity index (χ2v) is 12.1. The van der Waals surface area contributed by atoms with E-state index in [-0.39, 0.29) is 16.0 Å². The van der Waals surface area contributed by atoms with E-state index in [0.717, 1.165) is 57.8 Å². The summed E-state index contributed by atoms with van der Waals surface area (Å²) in [6.45, 7) is 17.2. The number of halogens is 4. The molecule has 0 aliphatic carbocycles. The van der Waals surface area contributed by atoms with Crippen LogP contribution in [0.25, 0.3) is 0 Å². The molecule has 7 nitrogen and oxygen atoms in total. The van der Waals surface area contributed by atoms with Gasteiger partial charge in [0.25, 0.3) is 0 Å². The number of anilines is 1. The van der Waals surface area contributed by atoms with Crippen LogP contribution in [0.3, 0.4) is 0 Å². The number of hydrogen-bond acceptors (Lipinski definition) is 5. The fourth-order valence-electron chi connectivity index (χ4n) is 3.58. The largest absolute Gasteiger partial charge is 0.379 e. The van der Waals surface area contributed by atoms with Gasteiger partial charge in [-0.3, -0.25) is 14.5 Å². The lowest BCUT2D eigenvalue weighted by molar-refractivity contribution is -0.109. The van der Waals surface area contributed by atoms with Crippen molar-refractivity contribution in [1.82, 2.24) is 15.5 Å². The summed E-state index contributed by atoms with van der Waals surface area (Å²) < 4.78 is 32.0.